The predicted octanol–water partition coefficient (Wildman–Crippen LogP) is 1.59. The third kappa shape index (κ3) is 3.36. The van der Waals surface area contributed by atoms with E-state index in [9.17, 15) is 13.7 Å². The summed E-state index contributed by atoms with van der Waals surface area (Å²) in [4.78, 5) is 2.07. The molecule has 1 aliphatic rings. The highest BCUT2D eigenvalue weighted by Gasteiger charge is 2.34. The summed E-state index contributed by atoms with van der Waals surface area (Å²) < 4.78 is 32.4. The number of nitriles is 1. The molecule has 9 nitrogen and oxygen atoms in total. The molecule has 28 heavy (non-hydrogen) atoms. The Morgan fingerprint density at radius 1 is 1.11 bits per heavy atom. The van der Waals surface area contributed by atoms with E-state index in [0.717, 1.165) is 11.3 Å². The second-order valence-corrected chi connectivity index (χ2v) is 8.56. The third-order valence-corrected chi connectivity index (χ3v) is 7.19. The molecule has 3 heterocycles. The van der Waals surface area contributed by atoms with E-state index < -0.39 is 10.0 Å². The van der Waals surface area contributed by atoms with Crippen molar-refractivity contribution in [3.8, 4) is 6.07 Å². The molecule has 0 atom stereocenters. The van der Waals surface area contributed by atoms with Crippen molar-refractivity contribution in [2.75, 3.05) is 31.1 Å². The van der Waals surface area contributed by atoms with Crippen LogP contribution in [0.4, 0.5) is 5.82 Å². The van der Waals surface area contributed by atoms with Gasteiger partial charge in [0.2, 0.25) is 10.0 Å². The molecule has 1 aliphatic heterocycles. The summed E-state index contributed by atoms with van der Waals surface area (Å²) in [5.41, 5.74) is 2.65. The van der Waals surface area contributed by atoms with Crippen LogP contribution in [-0.2, 0) is 22.9 Å². The quantitative estimate of drug-likeness (QED) is 0.737. The number of aromatic nitrogens is 3. The molecule has 0 amide bonds. The van der Waals surface area contributed by atoms with Crippen molar-refractivity contribution in [1.82, 2.24) is 19.7 Å². The van der Waals surface area contributed by atoms with Gasteiger partial charge < -0.3 is 9.42 Å². The highest BCUT2D eigenvalue weighted by Crippen LogP contribution is 2.27. The van der Waals surface area contributed by atoms with Crippen molar-refractivity contribution >= 4 is 15.8 Å². The third-order valence-electron chi connectivity index (χ3n) is 5.04. The van der Waals surface area contributed by atoms with Crippen LogP contribution < -0.4 is 4.90 Å². The second kappa shape index (κ2) is 7.85. The second-order valence-electron chi connectivity index (χ2n) is 6.69. The number of piperazine rings is 1. The van der Waals surface area contributed by atoms with Gasteiger partial charge >= 0.3 is 0 Å². The lowest BCUT2D eigenvalue weighted by Crippen LogP contribution is -2.49. The summed E-state index contributed by atoms with van der Waals surface area (Å²) in [6, 6.07) is 2.27. The fourth-order valence-corrected chi connectivity index (χ4v) is 5.33. The van der Waals surface area contributed by atoms with Crippen molar-refractivity contribution in [1.29, 1.82) is 5.26 Å². The summed E-state index contributed by atoms with van der Waals surface area (Å²) in [5.74, 6) is 0.825. The molecule has 3 rings (SSSR count). The Labute approximate surface area is 165 Å². The Kier molecular flexibility index (Phi) is 5.67. The van der Waals surface area contributed by atoms with E-state index in [4.69, 9.17) is 4.52 Å². The number of aryl methyl sites for hydroxylation is 3. The van der Waals surface area contributed by atoms with Crippen molar-refractivity contribution in [3.63, 3.8) is 0 Å². The highest BCUT2D eigenvalue weighted by atomic mass is 32.2. The van der Waals surface area contributed by atoms with Gasteiger partial charge in [0.15, 0.2) is 11.6 Å². The van der Waals surface area contributed by atoms with Crippen LogP contribution in [0.2, 0.25) is 0 Å². The lowest BCUT2D eigenvalue weighted by molar-refractivity contribution is 0.377. The summed E-state index contributed by atoms with van der Waals surface area (Å²) in [7, 11) is -3.68. The normalized spacial score (nSPS) is 15.6. The van der Waals surface area contributed by atoms with Crippen LogP contribution in [0.25, 0.3) is 0 Å². The molecule has 0 aliphatic carbocycles. The largest absolute Gasteiger partial charge is 0.360 e. The van der Waals surface area contributed by atoms with Gasteiger partial charge in [0.25, 0.3) is 0 Å². The number of hydrogen-bond acceptors (Lipinski definition) is 8. The molecule has 2 aromatic rings. The molecule has 0 saturated carbocycles. The Morgan fingerprint density at radius 2 is 1.79 bits per heavy atom. The van der Waals surface area contributed by atoms with Gasteiger partial charge in [-0.1, -0.05) is 19.0 Å². The fraction of sp³-hybridized carbons (Fsp3) is 0.556. The molecular formula is C18H24N6O3S. The van der Waals surface area contributed by atoms with Crippen LogP contribution >= 0.6 is 0 Å². The van der Waals surface area contributed by atoms with E-state index in [-0.39, 0.29) is 18.0 Å². The smallest absolute Gasteiger partial charge is 0.248 e. The van der Waals surface area contributed by atoms with E-state index in [0.29, 0.717) is 48.8 Å². The molecule has 1 saturated heterocycles. The topological polar surface area (TPSA) is 116 Å². The zero-order valence-electron chi connectivity index (χ0n) is 16.6. The molecule has 0 unspecified atom stereocenters. The fourth-order valence-electron chi connectivity index (χ4n) is 3.61. The van der Waals surface area contributed by atoms with Gasteiger partial charge in [0.05, 0.1) is 5.69 Å². The minimum absolute atomic E-state index is 0.138. The van der Waals surface area contributed by atoms with Gasteiger partial charge in [0.1, 0.15) is 22.2 Å². The molecule has 0 spiro atoms. The number of hydrogen-bond donors (Lipinski definition) is 0. The summed E-state index contributed by atoms with van der Waals surface area (Å²) in [5, 5.41) is 22.0. The van der Waals surface area contributed by atoms with Gasteiger partial charge in [-0.05, 0) is 32.3 Å². The number of sulfonamides is 1. The molecule has 10 heteroatoms. The number of rotatable bonds is 5. The van der Waals surface area contributed by atoms with Crippen LogP contribution in [0.15, 0.2) is 9.42 Å². The van der Waals surface area contributed by atoms with Crippen molar-refractivity contribution in [3.05, 3.63) is 28.3 Å². The van der Waals surface area contributed by atoms with Gasteiger partial charge in [-0.2, -0.15) is 14.7 Å². The summed E-state index contributed by atoms with van der Waals surface area (Å²) in [6.45, 7) is 8.64. The maximum Gasteiger partial charge on any atom is 0.248 e. The van der Waals surface area contributed by atoms with Gasteiger partial charge in [-0.3, -0.25) is 0 Å². The Balaban J connectivity index is 1.84. The van der Waals surface area contributed by atoms with E-state index in [2.05, 4.69) is 21.4 Å². The first-order chi connectivity index (χ1) is 13.3. The summed E-state index contributed by atoms with van der Waals surface area (Å²) >= 11 is 0. The van der Waals surface area contributed by atoms with Crippen LogP contribution in [0.5, 0.6) is 0 Å². The zero-order chi connectivity index (χ0) is 20.5. The monoisotopic (exact) mass is 404 g/mol. The Hall–Kier alpha value is -2.51. The van der Waals surface area contributed by atoms with Gasteiger partial charge in [-0.15, -0.1) is 5.10 Å². The average molecular weight is 404 g/mol. The number of nitrogens with zero attached hydrogens (tertiary/aromatic N) is 6. The minimum Gasteiger partial charge on any atom is -0.360 e. The van der Waals surface area contributed by atoms with Gasteiger partial charge in [0, 0.05) is 26.2 Å². The van der Waals surface area contributed by atoms with E-state index in [1.54, 1.807) is 13.8 Å². The lowest BCUT2D eigenvalue weighted by atomic mass is 10.0. The Bertz CT molecular complexity index is 997. The van der Waals surface area contributed by atoms with Gasteiger partial charge in [-0.25, -0.2) is 8.42 Å². The maximum atomic E-state index is 13.0. The first-order valence-corrected chi connectivity index (χ1v) is 10.8. The molecule has 2 aromatic heterocycles. The van der Waals surface area contributed by atoms with E-state index in [1.807, 2.05) is 18.7 Å². The molecule has 0 radical (unpaired) electrons. The van der Waals surface area contributed by atoms with E-state index in [1.165, 1.54) is 4.31 Å². The van der Waals surface area contributed by atoms with Crippen LogP contribution in [0, 0.1) is 25.2 Å². The zero-order valence-corrected chi connectivity index (χ0v) is 17.4. The lowest BCUT2D eigenvalue weighted by Gasteiger charge is -2.35. The molecule has 0 N–H and O–H groups in total. The molecule has 0 aromatic carbocycles. The minimum atomic E-state index is -3.68. The van der Waals surface area contributed by atoms with Crippen molar-refractivity contribution in [2.24, 2.45) is 0 Å². The van der Waals surface area contributed by atoms with Crippen LogP contribution in [0.3, 0.4) is 0 Å². The van der Waals surface area contributed by atoms with Crippen molar-refractivity contribution < 1.29 is 12.9 Å². The predicted molar refractivity (Wildman–Crippen MR) is 102 cm³/mol. The Morgan fingerprint density at radius 3 is 2.29 bits per heavy atom. The molecular weight excluding hydrogens is 380 g/mol. The standard InChI is InChI=1S/C18H24N6O3S/c1-5-14-15(11-19)18(21-20-16(14)6-2)23-7-9-24(10-8-23)28(25,26)17-12(3)22-27-13(17)4/h5-10H2,1-4H3. The molecule has 1 fully saturated rings. The summed E-state index contributed by atoms with van der Waals surface area (Å²) in [6.07, 6.45) is 1.42. The first-order valence-electron chi connectivity index (χ1n) is 9.31. The number of anilines is 1. The highest BCUT2D eigenvalue weighted by molar-refractivity contribution is 7.89. The molecule has 150 valence electrons. The van der Waals surface area contributed by atoms with E-state index >= 15 is 0 Å². The average Bonchev–Trinajstić information content (AvgIpc) is 3.05. The molecule has 0 bridgehead atoms. The first kappa shape index (κ1) is 20.2. The van der Waals surface area contributed by atoms with Crippen LogP contribution in [0.1, 0.15) is 42.1 Å². The van der Waals surface area contributed by atoms with Crippen molar-refractivity contribution in [2.45, 2.75) is 45.4 Å². The maximum absolute atomic E-state index is 13.0. The SMILES string of the molecule is CCc1nnc(N2CCN(S(=O)(=O)c3c(C)noc3C)CC2)c(C#N)c1CC. The van der Waals surface area contributed by atoms with Crippen LogP contribution in [-0.4, -0.2) is 54.3 Å².